The lowest BCUT2D eigenvalue weighted by Gasteiger charge is -2.35. The summed E-state index contributed by atoms with van der Waals surface area (Å²) < 4.78 is 22.8. The minimum absolute atomic E-state index is 0.00109. The van der Waals surface area contributed by atoms with Crippen molar-refractivity contribution >= 4 is 34.8 Å². The highest BCUT2D eigenvalue weighted by Crippen LogP contribution is 2.37. The van der Waals surface area contributed by atoms with Crippen LogP contribution >= 0.6 is 11.6 Å². The molecule has 0 radical (unpaired) electrons. The van der Waals surface area contributed by atoms with Crippen LogP contribution in [0.3, 0.4) is 0 Å². The first-order valence-corrected chi connectivity index (χ1v) is 18.9. The molecule has 278 valence electrons. The number of hydrogen-bond acceptors (Lipinski definition) is 7. The number of rotatable bonds is 9. The fraction of sp³-hybridized carbons (Fsp3) is 0.405. The number of aromatic nitrogens is 1. The van der Waals surface area contributed by atoms with Gasteiger partial charge in [0, 0.05) is 79.8 Å². The number of carbonyl (C=O) groups excluding carboxylic acids is 2. The zero-order chi connectivity index (χ0) is 37.4. The van der Waals surface area contributed by atoms with Crippen LogP contribution in [0.1, 0.15) is 59.1 Å². The van der Waals surface area contributed by atoms with E-state index in [-0.39, 0.29) is 29.6 Å². The van der Waals surface area contributed by atoms with Gasteiger partial charge in [0.1, 0.15) is 17.6 Å². The average molecular weight is 740 g/mol. The van der Waals surface area contributed by atoms with Gasteiger partial charge in [-0.3, -0.25) is 24.6 Å². The second-order valence-electron chi connectivity index (χ2n) is 14.8. The maximum atomic E-state index is 15.3. The van der Waals surface area contributed by atoms with Crippen LogP contribution in [0.15, 0.2) is 59.5 Å². The maximum absolute atomic E-state index is 15.3. The Morgan fingerprint density at radius 3 is 2.51 bits per heavy atom. The van der Waals surface area contributed by atoms with E-state index in [0.29, 0.717) is 35.3 Å². The molecular weight excluding hydrogens is 693 g/mol. The first-order valence-electron chi connectivity index (χ1n) is 18.5. The van der Waals surface area contributed by atoms with Gasteiger partial charge in [-0.15, -0.1) is 0 Å². The molecule has 4 heterocycles. The number of nitrogens with zero attached hydrogens (tertiary/aromatic N) is 3. The molecule has 0 saturated carbocycles. The molecule has 7 rings (SSSR count). The zero-order valence-electron chi connectivity index (χ0n) is 30.9. The number of piperidine rings is 2. The highest BCUT2D eigenvalue weighted by Gasteiger charge is 2.28. The molecule has 0 bridgehead atoms. The Labute approximate surface area is 315 Å². The Morgan fingerprint density at radius 1 is 0.981 bits per heavy atom. The Bertz CT molecular complexity index is 2130. The quantitative estimate of drug-likeness (QED) is 0.185. The van der Waals surface area contributed by atoms with Crippen molar-refractivity contribution in [2.45, 2.75) is 71.5 Å². The molecule has 1 aromatic heterocycles. The largest absolute Gasteiger partial charge is 0.496 e. The predicted octanol–water partition coefficient (Wildman–Crippen LogP) is 6.70. The molecule has 0 aliphatic carbocycles. The Balaban J connectivity index is 0.971. The summed E-state index contributed by atoms with van der Waals surface area (Å²) >= 11 is 6.96. The van der Waals surface area contributed by atoms with Gasteiger partial charge in [-0.05, 0) is 110 Å². The number of carbonyl (C=O) groups is 2. The van der Waals surface area contributed by atoms with Gasteiger partial charge in [-0.1, -0.05) is 29.8 Å². The highest BCUT2D eigenvalue weighted by molar-refractivity contribution is 6.32. The number of nitrogens with one attached hydrogen (secondary N) is 2. The van der Waals surface area contributed by atoms with Gasteiger partial charge in [0.2, 0.25) is 11.8 Å². The lowest BCUT2D eigenvalue weighted by molar-refractivity contribution is -0.133. The van der Waals surface area contributed by atoms with Crippen molar-refractivity contribution in [2.24, 2.45) is 13.0 Å². The predicted molar refractivity (Wildman–Crippen MR) is 207 cm³/mol. The molecule has 3 aromatic carbocycles. The molecular formula is C42H47ClFN5O4. The van der Waals surface area contributed by atoms with Crippen molar-refractivity contribution in [1.29, 1.82) is 0 Å². The lowest BCUT2D eigenvalue weighted by Crippen LogP contribution is -2.47. The monoisotopic (exact) mass is 739 g/mol. The molecule has 2 saturated heterocycles. The third-order valence-corrected chi connectivity index (χ3v) is 11.8. The van der Waals surface area contributed by atoms with Crippen LogP contribution in [0.4, 0.5) is 15.8 Å². The van der Waals surface area contributed by atoms with E-state index < -0.39 is 6.04 Å². The molecule has 4 aromatic rings. The van der Waals surface area contributed by atoms with E-state index in [2.05, 4.69) is 38.6 Å². The van der Waals surface area contributed by atoms with Gasteiger partial charge in [-0.2, -0.15) is 0 Å². The number of ether oxygens (including phenoxy) is 1. The molecule has 2 N–H and O–H groups in total. The van der Waals surface area contributed by atoms with Crippen LogP contribution in [-0.2, 0) is 42.6 Å². The number of aryl methyl sites for hydroxylation is 1. The van der Waals surface area contributed by atoms with E-state index in [1.807, 2.05) is 38.2 Å². The minimum Gasteiger partial charge on any atom is -0.496 e. The normalized spacial score (nSPS) is 18.2. The number of pyridine rings is 1. The SMILES string of the molecule is COc1cc(-c2cn(C)c(=O)c(C)c2C)cc(Cl)c1CN1CCc2c(CC3CCN(c4ccc(NC5CCC(=O)NC5=O)cc4F)CC3)cccc2C1. The van der Waals surface area contributed by atoms with E-state index in [4.69, 9.17) is 16.3 Å². The number of halogens is 2. The van der Waals surface area contributed by atoms with Crippen LogP contribution in [0.25, 0.3) is 11.1 Å². The molecule has 2 amide bonds. The van der Waals surface area contributed by atoms with E-state index >= 15 is 4.39 Å². The number of methoxy groups -OCH3 is 1. The molecule has 3 aliphatic heterocycles. The van der Waals surface area contributed by atoms with Gasteiger partial charge in [-0.25, -0.2) is 4.39 Å². The fourth-order valence-electron chi connectivity index (χ4n) is 8.24. The highest BCUT2D eigenvalue weighted by atomic mass is 35.5. The average Bonchev–Trinajstić information content (AvgIpc) is 3.14. The van der Waals surface area contributed by atoms with Crippen LogP contribution < -0.4 is 25.8 Å². The summed E-state index contributed by atoms with van der Waals surface area (Å²) in [6.45, 7) is 7.80. The van der Waals surface area contributed by atoms with Crippen molar-refractivity contribution in [1.82, 2.24) is 14.8 Å². The number of hydrogen-bond donors (Lipinski definition) is 2. The van der Waals surface area contributed by atoms with Crippen LogP contribution in [-0.4, -0.2) is 54.1 Å². The van der Waals surface area contributed by atoms with Gasteiger partial charge in [0.25, 0.3) is 5.56 Å². The smallest absolute Gasteiger partial charge is 0.253 e. The van der Waals surface area contributed by atoms with Crippen molar-refractivity contribution in [3.8, 4) is 16.9 Å². The van der Waals surface area contributed by atoms with Crippen LogP contribution in [0.2, 0.25) is 5.02 Å². The molecule has 9 nitrogen and oxygen atoms in total. The molecule has 0 spiro atoms. The third-order valence-electron chi connectivity index (χ3n) is 11.4. The second-order valence-corrected chi connectivity index (χ2v) is 15.2. The summed E-state index contributed by atoms with van der Waals surface area (Å²) in [5.41, 5.74) is 9.84. The molecule has 1 unspecified atom stereocenters. The van der Waals surface area contributed by atoms with E-state index in [1.165, 1.54) is 22.8 Å². The summed E-state index contributed by atoms with van der Waals surface area (Å²) in [6, 6.07) is 15.2. The van der Waals surface area contributed by atoms with Gasteiger partial charge < -0.3 is 19.5 Å². The van der Waals surface area contributed by atoms with Gasteiger partial charge in [0.05, 0.1) is 12.8 Å². The zero-order valence-corrected chi connectivity index (χ0v) is 31.6. The summed E-state index contributed by atoms with van der Waals surface area (Å²) in [4.78, 5) is 40.6. The summed E-state index contributed by atoms with van der Waals surface area (Å²) in [5, 5.41) is 6.05. The topological polar surface area (TPSA) is 95.9 Å². The summed E-state index contributed by atoms with van der Waals surface area (Å²) in [7, 11) is 3.45. The number of imide groups is 1. The molecule has 2 fully saturated rings. The van der Waals surface area contributed by atoms with Gasteiger partial charge >= 0.3 is 0 Å². The summed E-state index contributed by atoms with van der Waals surface area (Å²) in [5.74, 6) is 0.302. The molecule has 3 aliphatic rings. The Hall–Kier alpha value is -4.67. The van der Waals surface area contributed by atoms with Crippen molar-refractivity contribution in [3.63, 3.8) is 0 Å². The fourth-order valence-corrected chi connectivity index (χ4v) is 8.51. The second kappa shape index (κ2) is 15.4. The third kappa shape index (κ3) is 7.71. The number of benzene rings is 3. The number of anilines is 2. The standard InChI is InChI=1S/C42H47ClFN5O4/c1-25-26(2)42(52)47(3)23-33(25)30-19-35(43)34(39(20-30)53-4)24-48-15-14-32-28(6-5-7-29(32)22-48)18-27-12-16-49(17-13-27)38-10-8-31(21-36(38)44)45-37-9-11-40(50)46-41(37)51/h5-8,10,19-21,23,27,37,45H,9,11-18,22,24H2,1-4H3,(H,46,50,51). The lowest BCUT2D eigenvalue weighted by atomic mass is 9.85. The first kappa shape index (κ1) is 36.7. The number of amides is 2. The van der Waals surface area contributed by atoms with Crippen molar-refractivity contribution in [3.05, 3.63) is 109 Å². The minimum atomic E-state index is -0.547. The Morgan fingerprint density at radius 2 is 1.77 bits per heavy atom. The van der Waals surface area contributed by atoms with Crippen LogP contribution in [0.5, 0.6) is 5.75 Å². The molecule has 11 heteroatoms. The van der Waals surface area contributed by atoms with E-state index in [0.717, 1.165) is 85.4 Å². The van der Waals surface area contributed by atoms with Crippen molar-refractivity contribution < 1.29 is 18.7 Å². The maximum Gasteiger partial charge on any atom is 0.253 e. The molecule has 1 atom stereocenters. The van der Waals surface area contributed by atoms with E-state index in [9.17, 15) is 14.4 Å². The van der Waals surface area contributed by atoms with Crippen molar-refractivity contribution in [2.75, 3.05) is 37.0 Å². The number of fused-ring (bicyclic) bond motifs is 1. The first-order chi connectivity index (χ1) is 25.5. The Kier molecular flexibility index (Phi) is 10.6. The summed E-state index contributed by atoms with van der Waals surface area (Å²) in [6.07, 6.45) is 6.47. The van der Waals surface area contributed by atoms with E-state index in [1.54, 1.807) is 24.8 Å². The molecule has 53 heavy (non-hydrogen) atoms. The van der Waals surface area contributed by atoms with Gasteiger partial charge in [0.15, 0.2) is 0 Å². The van der Waals surface area contributed by atoms with Crippen LogP contribution in [0, 0.1) is 25.6 Å².